The van der Waals surface area contributed by atoms with E-state index in [2.05, 4.69) is 11.4 Å². The van der Waals surface area contributed by atoms with E-state index >= 15 is 0 Å². The van der Waals surface area contributed by atoms with Crippen molar-refractivity contribution in [3.63, 3.8) is 0 Å². The van der Waals surface area contributed by atoms with Crippen LogP contribution in [0.3, 0.4) is 0 Å². The summed E-state index contributed by atoms with van der Waals surface area (Å²) in [7, 11) is -0.693. The van der Waals surface area contributed by atoms with E-state index in [1.807, 2.05) is 40.7 Å². The second kappa shape index (κ2) is 9.21. The predicted octanol–water partition coefficient (Wildman–Crippen LogP) is 4.39. The maximum Gasteiger partial charge on any atom is 0.494 e. The zero-order valence-electron chi connectivity index (χ0n) is 24.0. The number of rotatable bonds is 3. The number of fused-ring (bicyclic) bond motifs is 1. The first kappa shape index (κ1) is 28.8. The summed E-state index contributed by atoms with van der Waals surface area (Å²) in [4.78, 5) is 27.2. The highest BCUT2D eigenvalue weighted by Crippen LogP contribution is 2.44. The van der Waals surface area contributed by atoms with E-state index in [-0.39, 0.29) is 13.1 Å². The van der Waals surface area contributed by atoms with Gasteiger partial charge in [0.25, 0.3) is 0 Å². The zero-order valence-corrected chi connectivity index (χ0v) is 24.0. The number of ether oxygens (including phenoxy) is 2. The topological polar surface area (TPSA) is 110 Å². The van der Waals surface area contributed by atoms with Crippen LogP contribution in [0.4, 0.5) is 15.3 Å². The average Bonchev–Trinajstić information content (AvgIpc) is 3.13. The number of nitrogens with zero attached hydrogens (tertiary/aromatic N) is 2. The number of alkyl carbamates (subject to hydrolysis) is 1. The molecule has 2 amide bonds. The second-order valence-corrected chi connectivity index (χ2v) is 13.1. The lowest BCUT2D eigenvalue weighted by Gasteiger charge is -2.32. The SMILES string of the molecule is CC(C)(C)OC(=O)NC[C@]1(C)CN(C(=O)OC(C)(C)C)c2c(C#N)cc(B3OC(C)(C)C(C)(C)O3)cc21. The summed E-state index contributed by atoms with van der Waals surface area (Å²) in [6, 6.07) is 5.84. The Labute approximate surface area is 220 Å². The Morgan fingerprint density at radius 3 is 2.05 bits per heavy atom. The lowest BCUT2D eigenvalue weighted by molar-refractivity contribution is 0.00578. The van der Waals surface area contributed by atoms with Crippen molar-refractivity contribution in [3.05, 3.63) is 23.3 Å². The molecule has 0 saturated carbocycles. The molecule has 0 spiro atoms. The third-order valence-electron chi connectivity index (χ3n) is 6.84. The summed E-state index contributed by atoms with van der Waals surface area (Å²) >= 11 is 0. The first-order chi connectivity index (χ1) is 16.7. The number of carbonyl (C=O) groups excluding carboxylic acids is 2. The average molecular weight is 513 g/mol. The molecule has 0 aromatic heterocycles. The summed E-state index contributed by atoms with van der Waals surface area (Å²) in [5, 5.41) is 13.0. The Morgan fingerprint density at radius 2 is 1.57 bits per heavy atom. The molecule has 0 radical (unpaired) electrons. The molecule has 1 fully saturated rings. The molecule has 3 rings (SSSR count). The number of carbonyl (C=O) groups is 2. The van der Waals surface area contributed by atoms with Crippen LogP contribution in [0.25, 0.3) is 0 Å². The van der Waals surface area contributed by atoms with Crippen molar-refractivity contribution in [2.45, 2.75) is 104 Å². The third kappa shape index (κ3) is 6.05. The molecule has 0 aliphatic carbocycles. The molecule has 10 heteroatoms. The molecular formula is C27H40BN3O6. The summed E-state index contributed by atoms with van der Waals surface area (Å²) in [6.07, 6.45) is -1.12. The van der Waals surface area contributed by atoms with Crippen LogP contribution in [0.15, 0.2) is 12.1 Å². The van der Waals surface area contributed by atoms with Gasteiger partial charge in [-0.25, -0.2) is 9.59 Å². The molecule has 0 unspecified atom stereocenters. The summed E-state index contributed by atoms with van der Waals surface area (Å²) in [5.41, 5.74) is -1.09. The van der Waals surface area contributed by atoms with Crippen molar-refractivity contribution < 1.29 is 28.4 Å². The van der Waals surface area contributed by atoms with Gasteiger partial charge in [0.15, 0.2) is 0 Å². The van der Waals surface area contributed by atoms with Crippen molar-refractivity contribution >= 4 is 30.5 Å². The van der Waals surface area contributed by atoms with E-state index in [4.69, 9.17) is 18.8 Å². The van der Waals surface area contributed by atoms with Gasteiger partial charge in [-0.05, 0) is 86.3 Å². The summed E-state index contributed by atoms with van der Waals surface area (Å²) in [6.45, 7) is 20.9. The minimum atomic E-state index is -0.742. The number of amides is 2. The number of nitriles is 1. The monoisotopic (exact) mass is 513 g/mol. The Hall–Kier alpha value is -2.77. The van der Waals surface area contributed by atoms with Crippen molar-refractivity contribution in [1.29, 1.82) is 5.26 Å². The number of hydrogen-bond acceptors (Lipinski definition) is 7. The molecule has 202 valence electrons. The maximum atomic E-state index is 13.2. The normalized spacial score (nSPS) is 22.3. The molecule has 1 aromatic rings. The van der Waals surface area contributed by atoms with Gasteiger partial charge in [0.1, 0.15) is 17.3 Å². The molecule has 1 aromatic carbocycles. The molecule has 2 aliphatic rings. The van der Waals surface area contributed by atoms with E-state index in [0.717, 1.165) is 5.56 Å². The molecule has 2 aliphatic heterocycles. The van der Waals surface area contributed by atoms with Crippen molar-refractivity contribution in [3.8, 4) is 6.07 Å². The van der Waals surface area contributed by atoms with Gasteiger partial charge in [0.05, 0.1) is 22.5 Å². The Morgan fingerprint density at radius 1 is 1.03 bits per heavy atom. The van der Waals surface area contributed by atoms with Crippen LogP contribution in [0.5, 0.6) is 0 Å². The second-order valence-electron chi connectivity index (χ2n) is 13.1. The van der Waals surface area contributed by atoms with Gasteiger partial charge in [0.2, 0.25) is 0 Å². The lowest BCUT2D eigenvalue weighted by Crippen LogP contribution is -2.45. The van der Waals surface area contributed by atoms with Crippen LogP contribution < -0.4 is 15.7 Å². The fourth-order valence-electron chi connectivity index (χ4n) is 4.33. The van der Waals surface area contributed by atoms with Gasteiger partial charge in [0, 0.05) is 18.5 Å². The maximum absolute atomic E-state index is 13.2. The molecule has 37 heavy (non-hydrogen) atoms. The van der Waals surface area contributed by atoms with E-state index in [1.165, 1.54) is 4.90 Å². The fraction of sp³-hybridized carbons (Fsp3) is 0.667. The Bertz CT molecular complexity index is 1110. The van der Waals surface area contributed by atoms with Crippen molar-refractivity contribution in [2.24, 2.45) is 0 Å². The van der Waals surface area contributed by atoms with E-state index in [0.29, 0.717) is 16.7 Å². The predicted molar refractivity (Wildman–Crippen MR) is 142 cm³/mol. The number of nitrogens with one attached hydrogen (secondary N) is 1. The van der Waals surface area contributed by atoms with E-state index in [9.17, 15) is 14.9 Å². The number of hydrogen-bond donors (Lipinski definition) is 1. The largest absolute Gasteiger partial charge is 0.494 e. The standard InChI is InChI=1S/C27H40BN3O6/c1-23(2,3)34-21(32)30-15-27(11)16-31(22(33)35-24(4,5)6)20-17(14-29)12-18(13-19(20)27)28-36-25(7,8)26(9,10)37-28/h12-13H,15-16H2,1-11H3,(H,30,32)/t27-/m1/s1. The third-order valence-corrected chi connectivity index (χ3v) is 6.84. The summed E-state index contributed by atoms with van der Waals surface area (Å²) in [5.74, 6) is 0. The number of benzene rings is 1. The Kier molecular flexibility index (Phi) is 7.17. The highest BCUT2D eigenvalue weighted by molar-refractivity contribution is 6.62. The highest BCUT2D eigenvalue weighted by atomic mass is 16.7. The van der Waals surface area contributed by atoms with Gasteiger partial charge >= 0.3 is 19.3 Å². The molecule has 0 bridgehead atoms. The molecule has 1 saturated heterocycles. The van der Waals surface area contributed by atoms with Crippen molar-refractivity contribution in [2.75, 3.05) is 18.0 Å². The van der Waals surface area contributed by atoms with Crippen LogP contribution in [0, 0.1) is 11.3 Å². The molecule has 2 heterocycles. The van der Waals surface area contributed by atoms with E-state index in [1.54, 1.807) is 47.6 Å². The highest BCUT2D eigenvalue weighted by Gasteiger charge is 2.53. The smallest absolute Gasteiger partial charge is 0.444 e. The minimum Gasteiger partial charge on any atom is -0.444 e. The first-order valence-corrected chi connectivity index (χ1v) is 12.6. The van der Waals surface area contributed by atoms with Gasteiger partial charge in [-0.2, -0.15) is 5.26 Å². The first-order valence-electron chi connectivity index (χ1n) is 12.6. The van der Waals surface area contributed by atoms with Gasteiger partial charge in [-0.3, -0.25) is 4.90 Å². The van der Waals surface area contributed by atoms with Crippen LogP contribution >= 0.6 is 0 Å². The van der Waals surface area contributed by atoms with Gasteiger partial charge < -0.3 is 24.1 Å². The fourth-order valence-corrected chi connectivity index (χ4v) is 4.33. The van der Waals surface area contributed by atoms with Gasteiger partial charge in [-0.1, -0.05) is 13.0 Å². The quantitative estimate of drug-likeness (QED) is 0.597. The van der Waals surface area contributed by atoms with E-state index < -0.39 is 47.1 Å². The van der Waals surface area contributed by atoms with Crippen LogP contribution in [-0.4, -0.2) is 54.8 Å². The number of anilines is 1. The van der Waals surface area contributed by atoms with Crippen LogP contribution in [0.2, 0.25) is 0 Å². The molecular weight excluding hydrogens is 473 g/mol. The zero-order chi connectivity index (χ0) is 28.2. The molecule has 1 N–H and O–H groups in total. The van der Waals surface area contributed by atoms with Crippen LogP contribution in [0.1, 0.15) is 87.3 Å². The Balaban J connectivity index is 2.06. The molecule has 9 nitrogen and oxygen atoms in total. The van der Waals surface area contributed by atoms with Crippen LogP contribution in [-0.2, 0) is 24.2 Å². The summed E-state index contributed by atoms with van der Waals surface area (Å²) < 4.78 is 23.6. The van der Waals surface area contributed by atoms with Crippen molar-refractivity contribution in [1.82, 2.24) is 5.32 Å². The molecule has 1 atom stereocenters. The van der Waals surface area contributed by atoms with Gasteiger partial charge in [-0.15, -0.1) is 0 Å². The minimum absolute atomic E-state index is 0.173. The lowest BCUT2D eigenvalue weighted by atomic mass is 9.74.